The van der Waals surface area contributed by atoms with Gasteiger partial charge in [-0.2, -0.15) is 25.8 Å². The lowest BCUT2D eigenvalue weighted by atomic mass is 9.95. The zero-order valence-electron chi connectivity index (χ0n) is 19.4. The van der Waals surface area contributed by atoms with Crippen LogP contribution in [0.4, 0.5) is 13.2 Å². The van der Waals surface area contributed by atoms with E-state index in [0.717, 1.165) is 56.9 Å². The second-order valence-electron chi connectivity index (χ2n) is 8.25. The third kappa shape index (κ3) is 7.12. The molecule has 2 unspecified atom stereocenters. The summed E-state index contributed by atoms with van der Waals surface area (Å²) < 4.78 is 44.4. The normalized spacial score (nSPS) is 23.4. The Morgan fingerprint density at radius 2 is 1.75 bits per heavy atom. The summed E-state index contributed by atoms with van der Waals surface area (Å²) in [5.41, 5.74) is 0.911. The fraction of sp³-hybridized carbons (Fsp3) is 0.708. The van der Waals surface area contributed by atoms with Gasteiger partial charge in [0.25, 0.3) is 0 Å². The van der Waals surface area contributed by atoms with Gasteiger partial charge in [0, 0.05) is 44.3 Å². The van der Waals surface area contributed by atoms with Gasteiger partial charge in [0.05, 0.1) is 5.56 Å². The first-order valence-corrected chi connectivity index (χ1v) is 12.6. The van der Waals surface area contributed by atoms with Gasteiger partial charge in [0.15, 0.2) is 0 Å². The van der Waals surface area contributed by atoms with Gasteiger partial charge in [0.2, 0.25) is 5.91 Å². The molecule has 2 fully saturated rings. The van der Waals surface area contributed by atoms with Gasteiger partial charge in [-0.05, 0) is 68.0 Å². The summed E-state index contributed by atoms with van der Waals surface area (Å²) >= 11 is 3.53. The second-order valence-corrected chi connectivity index (χ2v) is 8.25. The van der Waals surface area contributed by atoms with Crippen molar-refractivity contribution in [3.63, 3.8) is 0 Å². The molecule has 0 aromatic heterocycles. The number of rotatable bonds is 3. The van der Waals surface area contributed by atoms with Crippen molar-refractivity contribution in [3.05, 3.63) is 34.9 Å². The molecule has 1 aromatic rings. The Labute approximate surface area is 195 Å². The second kappa shape index (κ2) is 12.8. The average molecular weight is 475 g/mol. The van der Waals surface area contributed by atoms with Crippen molar-refractivity contribution >= 4 is 18.5 Å². The number of benzene rings is 1. The standard InChI is InChI=1S/C21H27F3N2O2.C2H6.CH4S/c22-21(23,24)17-3-1-14-5-8-26(13-16(14)11-17)20(27)15-2-4-19(12-15)25-18-6-9-28-10-7-18;2*1-2/h1,3,11,15,18-19,25H,2,4-10,12-13H2;1-2H3;2H,1H3. The van der Waals surface area contributed by atoms with E-state index in [1.807, 2.05) is 13.8 Å². The van der Waals surface area contributed by atoms with Crippen LogP contribution in [0.5, 0.6) is 0 Å². The third-order valence-corrected chi connectivity index (χ3v) is 6.33. The summed E-state index contributed by atoms with van der Waals surface area (Å²) in [5.74, 6) is 0.0732. The summed E-state index contributed by atoms with van der Waals surface area (Å²) in [6.07, 6.45) is 2.65. The molecule has 1 amide bonds. The minimum atomic E-state index is -4.35. The highest BCUT2D eigenvalue weighted by Crippen LogP contribution is 2.34. The monoisotopic (exact) mass is 474 g/mol. The Balaban J connectivity index is 0.000000860. The fourth-order valence-corrected chi connectivity index (χ4v) is 4.73. The number of ether oxygens (including phenoxy) is 1. The minimum absolute atomic E-state index is 0.0234. The van der Waals surface area contributed by atoms with Gasteiger partial charge in [-0.3, -0.25) is 4.79 Å². The van der Waals surface area contributed by atoms with Crippen LogP contribution in [0.1, 0.15) is 62.6 Å². The number of hydrogen-bond donors (Lipinski definition) is 2. The summed E-state index contributed by atoms with van der Waals surface area (Å²) in [5, 5.41) is 3.67. The van der Waals surface area contributed by atoms with E-state index in [4.69, 9.17) is 4.74 Å². The number of alkyl halides is 3. The summed E-state index contributed by atoms with van der Waals surface area (Å²) in [7, 11) is 0. The molecule has 2 heterocycles. The van der Waals surface area contributed by atoms with Crippen molar-refractivity contribution in [2.45, 2.75) is 77.2 Å². The lowest BCUT2D eigenvalue weighted by Gasteiger charge is -2.31. The van der Waals surface area contributed by atoms with E-state index in [0.29, 0.717) is 30.6 Å². The number of amides is 1. The number of nitrogens with zero attached hydrogens (tertiary/aromatic N) is 1. The van der Waals surface area contributed by atoms with Crippen molar-refractivity contribution in [1.29, 1.82) is 0 Å². The van der Waals surface area contributed by atoms with Crippen molar-refractivity contribution in [1.82, 2.24) is 10.2 Å². The lowest BCUT2D eigenvalue weighted by molar-refractivity contribution is -0.137. The molecule has 0 bridgehead atoms. The molecular weight excluding hydrogens is 437 g/mol. The van der Waals surface area contributed by atoms with Gasteiger partial charge < -0.3 is 15.0 Å². The van der Waals surface area contributed by atoms with Crippen LogP contribution >= 0.6 is 12.6 Å². The number of halogens is 3. The first kappa shape index (κ1) is 27.0. The molecule has 1 N–H and O–H groups in total. The average Bonchev–Trinajstić information content (AvgIpc) is 3.29. The molecule has 2 atom stereocenters. The topological polar surface area (TPSA) is 41.6 Å². The van der Waals surface area contributed by atoms with E-state index in [1.165, 1.54) is 6.07 Å². The molecule has 2 aliphatic heterocycles. The smallest absolute Gasteiger partial charge is 0.381 e. The number of thiol groups is 1. The molecule has 1 saturated carbocycles. The van der Waals surface area contributed by atoms with Gasteiger partial charge in [-0.25, -0.2) is 0 Å². The lowest BCUT2D eigenvalue weighted by Crippen LogP contribution is -2.42. The number of carbonyl (C=O) groups excluding carboxylic acids is 1. The summed E-state index contributed by atoms with van der Waals surface area (Å²) in [4.78, 5) is 14.7. The minimum Gasteiger partial charge on any atom is -0.381 e. The first-order chi connectivity index (χ1) is 15.4. The summed E-state index contributed by atoms with van der Waals surface area (Å²) in [6.45, 7) is 6.46. The number of carbonyl (C=O) groups is 1. The Bertz CT molecular complexity index is 724. The van der Waals surface area contributed by atoms with E-state index < -0.39 is 11.7 Å². The first-order valence-electron chi connectivity index (χ1n) is 11.7. The number of fused-ring (bicyclic) bond motifs is 1. The van der Waals surface area contributed by atoms with Crippen LogP contribution in [0.15, 0.2) is 18.2 Å². The number of hydrogen-bond acceptors (Lipinski definition) is 4. The number of nitrogens with one attached hydrogen (secondary N) is 1. The van der Waals surface area contributed by atoms with E-state index in [1.54, 1.807) is 17.2 Å². The Morgan fingerprint density at radius 3 is 2.41 bits per heavy atom. The van der Waals surface area contributed by atoms with Gasteiger partial charge in [0.1, 0.15) is 0 Å². The van der Waals surface area contributed by atoms with Crippen molar-refractivity contribution in [2.75, 3.05) is 26.0 Å². The molecule has 4 nitrogen and oxygen atoms in total. The molecule has 4 rings (SSSR count). The molecule has 1 saturated heterocycles. The maximum absolute atomic E-state index is 13.0. The molecule has 182 valence electrons. The summed E-state index contributed by atoms with van der Waals surface area (Å²) in [6, 6.07) is 4.73. The third-order valence-electron chi connectivity index (χ3n) is 6.33. The van der Waals surface area contributed by atoms with Crippen LogP contribution in [-0.4, -0.2) is 48.9 Å². The van der Waals surface area contributed by atoms with Gasteiger partial charge in [-0.1, -0.05) is 19.9 Å². The molecular formula is C24H37F3N2O2S. The fourth-order valence-electron chi connectivity index (χ4n) is 4.73. The molecule has 1 aromatic carbocycles. The maximum Gasteiger partial charge on any atom is 0.416 e. The van der Waals surface area contributed by atoms with Crippen LogP contribution in [0.25, 0.3) is 0 Å². The van der Waals surface area contributed by atoms with Crippen molar-refractivity contribution in [3.8, 4) is 0 Å². The predicted octanol–water partition coefficient (Wildman–Crippen LogP) is 5.10. The van der Waals surface area contributed by atoms with E-state index in [9.17, 15) is 18.0 Å². The van der Waals surface area contributed by atoms with E-state index >= 15 is 0 Å². The molecule has 8 heteroatoms. The highest BCUT2D eigenvalue weighted by atomic mass is 32.1. The SMILES string of the molecule is CC.CS.O=C(C1CCC(NC2CCOCC2)C1)N1CCc2ccc(C(F)(F)F)cc2C1. The Hall–Kier alpha value is -1.25. The Kier molecular flexibility index (Phi) is 10.8. The Morgan fingerprint density at radius 1 is 1.06 bits per heavy atom. The molecule has 3 aliphatic rings. The molecule has 0 spiro atoms. The molecule has 0 radical (unpaired) electrons. The van der Waals surface area contributed by atoms with E-state index in [-0.39, 0.29) is 18.4 Å². The van der Waals surface area contributed by atoms with E-state index in [2.05, 4.69) is 17.9 Å². The van der Waals surface area contributed by atoms with Crippen molar-refractivity contribution < 1.29 is 22.7 Å². The largest absolute Gasteiger partial charge is 0.416 e. The quantitative estimate of drug-likeness (QED) is 0.599. The molecule has 32 heavy (non-hydrogen) atoms. The maximum atomic E-state index is 13.0. The van der Waals surface area contributed by atoms with Crippen LogP contribution in [0.3, 0.4) is 0 Å². The highest BCUT2D eigenvalue weighted by Gasteiger charge is 2.36. The van der Waals surface area contributed by atoms with Crippen LogP contribution < -0.4 is 5.32 Å². The highest BCUT2D eigenvalue weighted by molar-refractivity contribution is 7.79. The van der Waals surface area contributed by atoms with Gasteiger partial charge in [-0.15, -0.1) is 0 Å². The zero-order chi connectivity index (χ0) is 23.7. The van der Waals surface area contributed by atoms with Crippen LogP contribution in [0, 0.1) is 5.92 Å². The van der Waals surface area contributed by atoms with Crippen molar-refractivity contribution in [2.24, 2.45) is 5.92 Å². The van der Waals surface area contributed by atoms with Crippen LogP contribution in [-0.2, 0) is 28.7 Å². The van der Waals surface area contributed by atoms with Crippen LogP contribution in [0.2, 0.25) is 0 Å². The predicted molar refractivity (Wildman–Crippen MR) is 125 cm³/mol. The van der Waals surface area contributed by atoms with Gasteiger partial charge >= 0.3 is 6.18 Å². The zero-order valence-corrected chi connectivity index (χ0v) is 20.3. The molecule has 1 aliphatic carbocycles.